The molecular weight excluding hydrogens is 444 g/mol. The van der Waals surface area contributed by atoms with E-state index in [2.05, 4.69) is 45.5 Å². The summed E-state index contributed by atoms with van der Waals surface area (Å²) in [6.45, 7) is 6.86. The Morgan fingerprint density at radius 3 is 2.47 bits per heavy atom. The first kappa shape index (κ1) is 21.8. The van der Waals surface area contributed by atoms with Crippen molar-refractivity contribution in [3.8, 4) is 10.6 Å². The molecule has 6 nitrogen and oxygen atoms in total. The number of hydrogen-bond acceptors (Lipinski definition) is 7. The van der Waals surface area contributed by atoms with Crippen LogP contribution in [0.15, 0.2) is 69.2 Å². The van der Waals surface area contributed by atoms with Gasteiger partial charge < -0.3 is 8.83 Å². The molecule has 4 atom stereocenters. The van der Waals surface area contributed by atoms with E-state index in [9.17, 15) is 0 Å². The minimum Gasteiger partial charge on any atom is -0.468 e. The van der Waals surface area contributed by atoms with E-state index in [1.807, 2.05) is 19.1 Å². The molecule has 176 valence electrons. The lowest BCUT2D eigenvalue weighted by Crippen LogP contribution is -2.56. The Balaban J connectivity index is 1.18. The fraction of sp³-hybridized carbons (Fsp3) is 0.407. The first-order chi connectivity index (χ1) is 16.7. The highest BCUT2D eigenvalue weighted by Crippen LogP contribution is 2.42. The van der Waals surface area contributed by atoms with Gasteiger partial charge in [0.05, 0.1) is 36.2 Å². The monoisotopic (exact) mass is 474 g/mol. The van der Waals surface area contributed by atoms with Gasteiger partial charge in [-0.1, -0.05) is 6.07 Å². The normalized spacial score (nSPS) is 24.2. The third kappa shape index (κ3) is 4.60. The lowest BCUT2D eigenvalue weighted by molar-refractivity contribution is 0.00651. The van der Waals surface area contributed by atoms with Gasteiger partial charge >= 0.3 is 0 Å². The standard InChI is InChI=1S/C27H30N4O2S/c1-19-28-25(14-26(29-19)27-7-4-12-34-27)24-18-31-9-8-20(24)13-21(31)15-30(16-22-5-2-10-32-22)17-23-6-3-11-33-23/h2-7,10-12,14,20-21,24H,8-9,13,15-18H2,1H3/t20-,21+,24-/m0/s1. The zero-order chi connectivity index (χ0) is 22.9. The number of fused-ring (bicyclic) bond motifs is 3. The van der Waals surface area contributed by atoms with Crippen LogP contribution in [-0.2, 0) is 13.1 Å². The van der Waals surface area contributed by atoms with Crippen LogP contribution >= 0.6 is 11.3 Å². The molecule has 3 aliphatic heterocycles. The quantitative estimate of drug-likeness (QED) is 0.332. The number of hydrogen-bond donors (Lipinski definition) is 0. The molecule has 3 aliphatic rings. The smallest absolute Gasteiger partial charge is 0.126 e. The van der Waals surface area contributed by atoms with Crippen LogP contribution in [0, 0.1) is 12.8 Å². The van der Waals surface area contributed by atoms with Gasteiger partial charge in [0.1, 0.15) is 17.3 Å². The van der Waals surface area contributed by atoms with Crippen molar-refractivity contribution >= 4 is 11.3 Å². The Labute approximate surface area is 204 Å². The number of thiophene rings is 1. The number of nitrogens with zero attached hydrogens (tertiary/aromatic N) is 4. The molecule has 4 aromatic rings. The highest BCUT2D eigenvalue weighted by atomic mass is 32.1. The topological polar surface area (TPSA) is 58.5 Å². The van der Waals surface area contributed by atoms with Gasteiger partial charge in [0.2, 0.25) is 0 Å². The summed E-state index contributed by atoms with van der Waals surface area (Å²) in [6, 6.07) is 15.1. The Bertz CT molecular complexity index is 1150. The predicted octanol–water partition coefficient (Wildman–Crippen LogP) is 5.58. The van der Waals surface area contributed by atoms with Crippen molar-refractivity contribution in [1.82, 2.24) is 19.8 Å². The second-order valence-electron chi connectivity index (χ2n) is 9.57. The second-order valence-corrected chi connectivity index (χ2v) is 10.5. The Kier molecular flexibility index (Phi) is 6.07. The molecule has 0 spiro atoms. The number of rotatable bonds is 8. The highest BCUT2D eigenvalue weighted by molar-refractivity contribution is 7.13. The van der Waals surface area contributed by atoms with Crippen molar-refractivity contribution in [1.29, 1.82) is 0 Å². The van der Waals surface area contributed by atoms with Crippen LogP contribution < -0.4 is 0 Å². The Morgan fingerprint density at radius 2 is 1.85 bits per heavy atom. The van der Waals surface area contributed by atoms with Gasteiger partial charge in [-0.15, -0.1) is 11.3 Å². The zero-order valence-corrected chi connectivity index (χ0v) is 20.3. The predicted molar refractivity (Wildman–Crippen MR) is 132 cm³/mol. The number of aryl methyl sites for hydroxylation is 1. The van der Waals surface area contributed by atoms with E-state index < -0.39 is 0 Å². The van der Waals surface area contributed by atoms with E-state index in [-0.39, 0.29) is 0 Å². The molecule has 4 aromatic heterocycles. The van der Waals surface area contributed by atoms with Gasteiger partial charge in [0.15, 0.2) is 0 Å². The maximum Gasteiger partial charge on any atom is 0.126 e. The molecule has 0 amide bonds. The molecule has 1 unspecified atom stereocenters. The lowest BCUT2D eigenvalue weighted by atomic mass is 9.74. The number of piperidine rings is 3. The molecular formula is C27H30N4O2S. The third-order valence-electron chi connectivity index (χ3n) is 7.28. The molecule has 0 aromatic carbocycles. The highest BCUT2D eigenvalue weighted by Gasteiger charge is 2.42. The fourth-order valence-corrected chi connectivity index (χ4v) is 6.41. The molecule has 0 N–H and O–H groups in total. The molecule has 0 radical (unpaired) electrons. The summed E-state index contributed by atoms with van der Waals surface area (Å²) in [7, 11) is 0. The molecule has 34 heavy (non-hydrogen) atoms. The van der Waals surface area contributed by atoms with Crippen LogP contribution in [0.4, 0.5) is 0 Å². The summed E-state index contributed by atoms with van der Waals surface area (Å²) in [5, 5.41) is 2.11. The van der Waals surface area contributed by atoms with Crippen molar-refractivity contribution in [2.45, 2.75) is 44.8 Å². The van der Waals surface area contributed by atoms with Crippen LogP contribution in [0.25, 0.3) is 10.6 Å². The summed E-state index contributed by atoms with van der Waals surface area (Å²) in [4.78, 5) is 16.0. The first-order valence-corrected chi connectivity index (χ1v) is 13.0. The van der Waals surface area contributed by atoms with Crippen molar-refractivity contribution < 1.29 is 8.83 Å². The van der Waals surface area contributed by atoms with E-state index >= 15 is 0 Å². The van der Waals surface area contributed by atoms with Crippen LogP contribution in [0.2, 0.25) is 0 Å². The maximum absolute atomic E-state index is 5.66. The van der Waals surface area contributed by atoms with Crippen molar-refractivity contribution in [2.75, 3.05) is 19.6 Å². The van der Waals surface area contributed by atoms with E-state index in [0.29, 0.717) is 17.9 Å². The van der Waals surface area contributed by atoms with E-state index in [4.69, 9.17) is 18.8 Å². The van der Waals surface area contributed by atoms with E-state index in [1.165, 1.54) is 30.0 Å². The summed E-state index contributed by atoms with van der Waals surface area (Å²) < 4.78 is 11.3. The number of furan rings is 2. The van der Waals surface area contributed by atoms with Gasteiger partial charge in [-0.3, -0.25) is 9.80 Å². The van der Waals surface area contributed by atoms with Crippen LogP contribution in [-0.4, -0.2) is 45.4 Å². The summed E-state index contributed by atoms with van der Waals surface area (Å²) >= 11 is 1.74. The third-order valence-corrected chi connectivity index (χ3v) is 8.17. The maximum atomic E-state index is 5.66. The van der Waals surface area contributed by atoms with Gasteiger partial charge in [0.25, 0.3) is 0 Å². The summed E-state index contributed by atoms with van der Waals surface area (Å²) in [6.07, 6.45) is 5.96. The van der Waals surface area contributed by atoms with Crippen LogP contribution in [0.5, 0.6) is 0 Å². The number of aromatic nitrogens is 2. The van der Waals surface area contributed by atoms with Gasteiger partial charge in [-0.25, -0.2) is 9.97 Å². The summed E-state index contributed by atoms with van der Waals surface area (Å²) in [5.74, 6) is 4.01. The lowest BCUT2D eigenvalue weighted by Gasteiger charge is -2.50. The first-order valence-electron chi connectivity index (χ1n) is 12.1. The Morgan fingerprint density at radius 1 is 1.06 bits per heavy atom. The fourth-order valence-electron chi connectivity index (χ4n) is 5.72. The van der Waals surface area contributed by atoms with Crippen molar-refractivity contribution in [3.05, 3.63) is 83.4 Å². The van der Waals surface area contributed by atoms with Crippen molar-refractivity contribution in [2.24, 2.45) is 5.92 Å². The molecule has 3 fully saturated rings. The largest absolute Gasteiger partial charge is 0.468 e. The average molecular weight is 475 g/mol. The van der Waals surface area contributed by atoms with Crippen molar-refractivity contribution in [3.63, 3.8) is 0 Å². The molecule has 3 saturated heterocycles. The average Bonchev–Trinajstić information content (AvgIpc) is 3.63. The molecule has 7 heteroatoms. The molecule has 7 rings (SSSR count). The molecule has 0 aliphatic carbocycles. The van der Waals surface area contributed by atoms with E-state index in [1.54, 1.807) is 23.9 Å². The second kappa shape index (κ2) is 9.49. The van der Waals surface area contributed by atoms with E-state index in [0.717, 1.165) is 49.2 Å². The molecule has 7 heterocycles. The van der Waals surface area contributed by atoms with Gasteiger partial charge in [-0.2, -0.15) is 0 Å². The van der Waals surface area contributed by atoms with Gasteiger partial charge in [0, 0.05) is 30.7 Å². The minimum absolute atomic E-state index is 0.481. The van der Waals surface area contributed by atoms with Crippen LogP contribution in [0.3, 0.4) is 0 Å². The van der Waals surface area contributed by atoms with Gasteiger partial charge in [-0.05, 0) is 74.0 Å². The van der Waals surface area contributed by atoms with Crippen LogP contribution in [0.1, 0.15) is 41.8 Å². The minimum atomic E-state index is 0.481. The zero-order valence-electron chi connectivity index (χ0n) is 19.5. The Hall–Kier alpha value is -2.74. The summed E-state index contributed by atoms with van der Waals surface area (Å²) in [5.41, 5.74) is 2.28. The SMILES string of the molecule is Cc1nc(-c2cccs2)cc([C@H]2CN3CC[C@H]2C[C@@H]3CN(Cc2ccco2)Cc2ccco2)n1. The molecule has 0 saturated carbocycles. The molecule has 2 bridgehead atoms.